The highest BCUT2D eigenvalue weighted by Crippen LogP contribution is 2.29. The quantitative estimate of drug-likeness (QED) is 0.526. The van der Waals surface area contributed by atoms with Crippen molar-refractivity contribution >= 4 is 11.9 Å². The molecule has 154 valence electrons. The molecular formula is C22H22F3NO3. The fourth-order valence-corrected chi connectivity index (χ4v) is 3.11. The van der Waals surface area contributed by atoms with Gasteiger partial charge in [0.15, 0.2) is 5.78 Å². The van der Waals surface area contributed by atoms with E-state index in [1.165, 1.54) is 24.3 Å². The SMILES string of the molecule is COc1ccc(C(=O)/C=C/c2ccc(C(F)(F)F)cc2)cc1CN1CCOCC1. The predicted molar refractivity (Wildman–Crippen MR) is 104 cm³/mol. The van der Waals surface area contributed by atoms with Crippen LogP contribution in [0.25, 0.3) is 6.08 Å². The summed E-state index contributed by atoms with van der Waals surface area (Å²) in [6.45, 7) is 3.63. The van der Waals surface area contributed by atoms with E-state index in [0.717, 1.165) is 30.8 Å². The number of hydrogen-bond acceptors (Lipinski definition) is 4. The minimum atomic E-state index is -4.38. The Bertz CT molecular complexity index is 870. The standard InChI is InChI=1S/C22H22F3NO3/c1-28-21-9-5-17(14-18(21)15-26-10-12-29-13-11-26)20(27)8-4-16-2-6-19(7-3-16)22(23,24)25/h2-9,14H,10-13,15H2,1H3/b8-4+. The van der Waals surface area contributed by atoms with Gasteiger partial charge in [-0.15, -0.1) is 0 Å². The highest BCUT2D eigenvalue weighted by molar-refractivity contribution is 6.07. The number of allylic oxidation sites excluding steroid dienone is 1. The van der Waals surface area contributed by atoms with Gasteiger partial charge in [-0.25, -0.2) is 0 Å². The van der Waals surface area contributed by atoms with Crippen LogP contribution >= 0.6 is 0 Å². The number of ketones is 1. The smallest absolute Gasteiger partial charge is 0.416 e. The number of halogens is 3. The third-order valence-electron chi connectivity index (χ3n) is 4.73. The van der Waals surface area contributed by atoms with Crippen LogP contribution in [0, 0.1) is 0 Å². The molecule has 0 bridgehead atoms. The van der Waals surface area contributed by atoms with E-state index < -0.39 is 11.7 Å². The summed E-state index contributed by atoms with van der Waals surface area (Å²) in [6, 6.07) is 9.91. The highest BCUT2D eigenvalue weighted by Gasteiger charge is 2.29. The molecule has 0 unspecified atom stereocenters. The largest absolute Gasteiger partial charge is 0.496 e. The third kappa shape index (κ3) is 5.68. The van der Waals surface area contributed by atoms with Crippen molar-refractivity contribution in [1.82, 2.24) is 4.90 Å². The molecule has 0 saturated carbocycles. The van der Waals surface area contributed by atoms with Crippen LogP contribution in [0.1, 0.15) is 27.0 Å². The molecule has 1 aliphatic rings. The third-order valence-corrected chi connectivity index (χ3v) is 4.73. The van der Waals surface area contributed by atoms with Crippen molar-refractivity contribution in [1.29, 1.82) is 0 Å². The molecule has 1 fully saturated rings. The molecule has 0 atom stereocenters. The Morgan fingerprint density at radius 2 is 1.83 bits per heavy atom. The molecule has 7 heteroatoms. The van der Waals surface area contributed by atoms with Crippen molar-refractivity contribution < 1.29 is 27.4 Å². The zero-order valence-corrected chi connectivity index (χ0v) is 16.0. The second kappa shape index (κ2) is 9.24. The molecule has 0 N–H and O–H groups in total. The Hall–Kier alpha value is -2.64. The molecule has 0 amide bonds. The summed E-state index contributed by atoms with van der Waals surface area (Å²) in [7, 11) is 1.59. The van der Waals surface area contributed by atoms with Gasteiger partial charge in [0.25, 0.3) is 0 Å². The van der Waals surface area contributed by atoms with E-state index in [1.54, 1.807) is 25.3 Å². The average molecular weight is 405 g/mol. The van der Waals surface area contributed by atoms with E-state index in [1.807, 2.05) is 0 Å². The van der Waals surface area contributed by atoms with Crippen LogP contribution in [0.5, 0.6) is 5.75 Å². The molecule has 2 aromatic rings. The number of alkyl halides is 3. The van der Waals surface area contributed by atoms with Crippen LogP contribution in [0.2, 0.25) is 0 Å². The first-order valence-corrected chi connectivity index (χ1v) is 9.23. The molecule has 0 spiro atoms. The number of methoxy groups -OCH3 is 1. The number of carbonyl (C=O) groups excluding carboxylic acids is 1. The molecule has 1 aliphatic heterocycles. The molecule has 0 radical (unpaired) electrons. The first-order chi connectivity index (χ1) is 13.9. The number of nitrogens with zero attached hydrogens (tertiary/aromatic N) is 1. The van der Waals surface area contributed by atoms with E-state index >= 15 is 0 Å². The van der Waals surface area contributed by atoms with Crippen LogP contribution in [-0.4, -0.2) is 44.1 Å². The molecule has 1 heterocycles. The first-order valence-electron chi connectivity index (χ1n) is 9.23. The number of ether oxygens (including phenoxy) is 2. The van der Waals surface area contributed by atoms with Gasteiger partial charge in [-0.2, -0.15) is 13.2 Å². The van der Waals surface area contributed by atoms with Gasteiger partial charge < -0.3 is 9.47 Å². The lowest BCUT2D eigenvalue weighted by Gasteiger charge is -2.27. The van der Waals surface area contributed by atoms with Crippen molar-refractivity contribution in [2.45, 2.75) is 12.7 Å². The Kier molecular flexibility index (Phi) is 6.71. The maximum Gasteiger partial charge on any atom is 0.416 e. The highest BCUT2D eigenvalue weighted by atomic mass is 19.4. The maximum absolute atomic E-state index is 12.6. The zero-order valence-electron chi connectivity index (χ0n) is 16.0. The second-order valence-electron chi connectivity index (χ2n) is 6.73. The minimum Gasteiger partial charge on any atom is -0.496 e. The van der Waals surface area contributed by atoms with Gasteiger partial charge in [-0.05, 0) is 42.0 Å². The van der Waals surface area contributed by atoms with Gasteiger partial charge in [0.2, 0.25) is 0 Å². The van der Waals surface area contributed by atoms with Crippen molar-refractivity contribution in [2.24, 2.45) is 0 Å². The Labute approximate surface area is 167 Å². The second-order valence-corrected chi connectivity index (χ2v) is 6.73. The molecule has 2 aromatic carbocycles. The van der Waals surface area contributed by atoms with Crippen molar-refractivity contribution in [3.8, 4) is 5.75 Å². The predicted octanol–water partition coefficient (Wildman–Crippen LogP) is 4.44. The summed E-state index contributed by atoms with van der Waals surface area (Å²) in [4.78, 5) is 14.8. The van der Waals surface area contributed by atoms with Crippen molar-refractivity contribution in [3.05, 3.63) is 70.8 Å². The topological polar surface area (TPSA) is 38.8 Å². The van der Waals surface area contributed by atoms with E-state index in [4.69, 9.17) is 9.47 Å². The van der Waals surface area contributed by atoms with Crippen LogP contribution in [0.15, 0.2) is 48.5 Å². The first kappa shape index (κ1) is 21.1. The van der Waals surface area contributed by atoms with Crippen LogP contribution in [0.3, 0.4) is 0 Å². The van der Waals surface area contributed by atoms with E-state index in [0.29, 0.717) is 36.6 Å². The zero-order chi connectivity index (χ0) is 20.9. The van der Waals surface area contributed by atoms with Gasteiger partial charge >= 0.3 is 6.18 Å². The van der Waals surface area contributed by atoms with E-state index in [2.05, 4.69) is 4.90 Å². The summed E-state index contributed by atoms with van der Waals surface area (Å²) in [5.41, 5.74) is 1.21. The lowest BCUT2D eigenvalue weighted by Crippen LogP contribution is -2.35. The average Bonchev–Trinajstić information content (AvgIpc) is 2.72. The van der Waals surface area contributed by atoms with Crippen LogP contribution in [-0.2, 0) is 17.5 Å². The minimum absolute atomic E-state index is 0.226. The summed E-state index contributed by atoms with van der Waals surface area (Å²) in [5.74, 6) is 0.482. The number of hydrogen-bond donors (Lipinski definition) is 0. The van der Waals surface area contributed by atoms with Gasteiger partial charge in [0.05, 0.1) is 25.9 Å². The van der Waals surface area contributed by atoms with Crippen molar-refractivity contribution in [2.75, 3.05) is 33.4 Å². The molecule has 29 heavy (non-hydrogen) atoms. The van der Waals surface area contributed by atoms with Gasteiger partial charge in [0, 0.05) is 30.8 Å². The molecule has 4 nitrogen and oxygen atoms in total. The van der Waals surface area contributed by atoms with Crippen LogP contribution in [0.4, 0.5) is 13.2 Å². The van der Waals surface area contributed by atoms with Crippen molar-refractivity contribution in [3.63, 3.8) is 0 Å². The summed E-state index contributed by atoms with van der Waals surface area (Å²) < 4.78 is 48.7. The summed E-state index contributed by atoms with van der Waals surface area (Å²) in [5, 5.41) is 0. The summed E-state index contributed by atoms with van der Waals surface area (Å²) >= 11 is 0. The number of rotatable bonds is 6. The molecule has 3 rings (SSSR count). The fraction of sp³-hybridized carbons (Fsp3) is 0.318. The Balaban J connectivity index is 1.72. The van der Waals surface area contributed by atoms with E-state index in [9.17, 15) is 18.0 Å². The Morgan fingerprint density at radius 3 is 2.45 bits per heavy atom. The molecular weight excluding hydrogens is 383 g/mol. The number of carbonyl (C=O) groups is 1. The lowest BCUT2D eigenvalue weighted by molar-refractivity contribution is -0.137. The van der Waals surface area contributed by atoms with Gasteiger partial charge in [-0.1, -0.05) is 18.2 Å². The molecule has 1 saturated heterocycles. The molecule has 0 aromatic heterocycles. The molecule has 0 aliphatic carbocycles. The van der Waals surface area contributed by atoms with Gasteiger partial charge in [0.1, 0.15) is 5.75 Å². The normalized spacial score (nSPS) is 15.6. The maximum atomic E-state index is 12.6. The summed E-state index contributed by atoms with van der Waals surface area (Å²) in [6.07, 6.45) is -1.50. The van der Waals surface area contributed by atoms with E-state index in [-0.39, 0.29) is 5.78 Å². The number of benzene rings is 2. The fourth-order valence-electron chi connectivity index (χ4n) is 3.11. The lowest BCUT2D eigenvalue weighted by atomic mass is 10.0. The van der Waals surface area contributed by atoms with Crippen LogP contribution < -0.4 is 4.74 Å². The monoisotopic (exact) mass is 405 g/mol. The Morgan fingerprint density at radius 1 is 1.14 bits per heavy atom. The number of morpholine rings is 1. The van der Waals surface area contributed by atoms with Gasteiger partial charge in [-0.3, -0.25) is 9.69 Å².